The van der Waals surface area contributed by atoms with Gasteiger partial charge in [-0.25, -0.2) is 0 Å². The van der Waals surface area contributed by atoms with Crippen molar-refractivity contribution < 1.29 is 4.79 Å². The third-order valence-corrected chi connectivity index (χ3v) is 4.52. The number of hydrogen-bond acceptors (Lipinski definition) is 3. The SMILES string of the molecule is Cc1ccc(C)c(CC(=O)C2CN3CCN2CC3)c1. The lowest BCUT2D eigenvalue weighted by atomic mass is 9.95. The Morgan fingerprint density at radius 1 is 1.21 bits per heavy atom. The molecule has 1 aromatic carbocycles. The standard InChI is InChI=1S/C16H22N2O/c1-12-3-4-13(2)14(9-12)10-16(19)15-11-17-5-7-18(15)8-6-17/h3-4,9,15H,5-8,10-11H2,1-2H3. The Labute approximate surface area is 115 Å². The molecule has 102 valence electrons. The van der Waals surface area contributed by atoms with Crippen LogP contribution in [-0.2, 0) is 11.2 Å². The van der Waals surface area contributed by atoms with Crippen LogP contribution in [0.4, 0.5) is 0 Å². The summed E-state index contributed by atoms with van der Waals surface area (Å²) >= 11 is 0. The summed E-state index contributed by atoms with van der Waals surface area (Å²) in [6, 6.07) is 6.52. The van der Waals surface area contributed by atoms with Crippen molar-refractivity contribution in [2.45, 2.75) is 26.3 Å². The minimum absolute atomic E-state index is 0.127. The van der Waals surface area contributed by atoms with Gasteiger partial charge < -0.3 is 0 Å². The third-order valence-electron chi connectivity index (χ3n) is 4.52. The number of piperazine rings is 3. The largest absolute Gasteiger partial charge is 0.299 e. The topological polar surface area (TPSA) is 23.6 Å². The fourth-order valence-electron chi connectivity index (χ4n) is 3.22. The second-order valence-corrected chi connectivity index (χ2v) is 5.93. The van der Waals surface area contributed by atoms with Crippen molar-refractivity contribution in [1.82, 2.24) is 9.80 Å². The number of carbonyl (C=O) groups is 1. The van der Waals surface area contributed by atoms with Gasteiger partial charge in [0, 0.05) is 39.1 Å². The molecule has 4 rings (SSSR count). The monoisotopic (exact) mass is 258 g/mol. The summed E-state index contributed by atoms with van der Waals surface area (Å²) in [5.41, 5.74) is 3.67. The van der Waals surface area contributed by atoms with E-state index in [1.807, 2.05) is 0 Å². The molecule has 0 amide bonds. The van der Waals surface area contributed by atoms with Gasteiger partial charge in [-0.05, 0) is 25.0 Å². The van der Waals surface area contributed by atoms with E-state index in [4.69, 9.17) is 0 Å². The zero-order chi connectivity index (χ0) is 13.4. The first-order valence-corrected chi connectivity index (χ1v) is 7.19. The van der Waals surface area contributed by atoms with Gasteiger partial charge in [0.1, 0.15) is 0 Å². The van der Waals surface area contributed by atoms with Crippen LogP contribution >= 0.6 is 0 Å². The van der Waals surface area contributed by atoms with Crippen molar-refractivity contribution >= 4 is 5.78 Å². The van der Waals surface area contributed by atoms with Crippen LogP contribution in [0.15, 0.2) is 18.2 Å². The Bertz CT molecular complexity index is 490. The van der Waals surface area contributed by atoms with Crippen molar-refractivity contribution in [2.75, 3.05) is 32.7 Å². The fourth-order valence-corrected chi connectivity index (χ4v) is 3.22. The van der Waals surface area contributed by atoms with Crippen LogP contribution in [0.25, 0.3) is 0 Å². The van der Waals surface area contributed by atoms with Crippen LogP contribution in [-0.4, -0.2) is 54.3 Å². The van der Waals surface area contributed by atoms with Gasteiger partial charge in [0.15, 0.2) is 5.78 Å². The quantitative estimate of drug-likeness (QED) is 0.819. The minimum atomic E-state index is 0.127. The van der Waals surface area contributed by atoms with Crippen molar-refractivity contribution in [3.8, 4) is 0 Å². The van der Waals surface area contributed by atoms with E-state index < -0.39 is 0 Å². The van der Waals surface area contributed by atoms with Crippen molar-refractivity contribution in [3.63, 3.8) is 0 Å². The number of benzene rings is 1. The van der Waals surface area contributed by atoms with Gasteiger partial charge in [-0.1, -0.05) is 23.8 Å². The van der Waals surface area contributed by atoms with Gasteiger partial charge in [0.05, 0.1) is 6.04 Å². The molecule has 3 nitrogen and oxygen atoms in total. The Morgan fingerprint density at radius 3 is 2.58 bits per heavy atom. The summed E-state index contributed by atoms with van der Waals surface area (Å²) < 4.78 is 0. The molecule has 3 heterocycles. The minimum Gasteiger partial charge on any atom is -0.299 e. The van der Waals surface area contributed by atoms with Gasteiger partial charge >= 0.3 is 0 Å². The van der Waals surface area contributed by atoms with E-state index in [1.54, 1.807) is 0 Å². The lowest BCUT2D eigenvalue weighted by Crippen LogP contribution is -2.63. The van der Waals surface area contributed by atoms with Gasteiger partial charge in [-0.15, -0.1) is 0 Å². The predicted octanol–water partition coefficient (Wildman–Crippen LogP) is 1.41. The predicted molar refractivity (Wildman–Crippen MR) is 76.4 cm³/mol. The lowest BCUT2D eigenvalue weighted by Gasteiger charge is -2.46. The Balaban J connectivity index is 1.73. The first-order chi connectivity index (χ1) is 9.13. The zero-order valence-corrected chi connectivity index (χ0v) is 11.9. The first-order valence-electron chi connectivity index (χ1n) is 7.19. The Kier molecular flexibility index (Phi) is 3.42. The molecule has 3 aliphatic heterocycles. The highest BCUT2D eigenvalue weighted by Crippen LogP contribution is 2.19. The molecule has 0 aromatic heterocycles. The van der Waals surface area contributed by atoms with Crippen LogP contribution in [0, 0.1) is 13.8 Å². The van der Waals surface area contributed by atoms with Crippen LogP contribution in [0.3, 0.4) is 0 Å². The maximum Gasteiger partial charge on any atom is 0.155 e. The number of rotatable bonds is 3. The van der Waals surface area contributed by atoms with E-state index in [9.17, 15) is 4.79 Å². The first kappa shape index (κ1) is 12.8. The van der Waals surface area contributed by atoms with Crippen LogP contribution in [0.2, 0.25) is 0 Å². The average molecular weight is 258 g/mol. The maximum atomic E-state index is 12.6. The molecular weight excluding hydrogens is 236 g/mol. The molecule has 0 saturated carbocycles. The van der Waals surface area contributed by atoms with Crippen molar-refractivity contribution in [2.24, 2.45) is 0 Å². The number of Topliss-reactive ketones (excluding diaryl/α,β-unsaturated/α-hetero) is 1. The Morgan fingerprint density at radius 2 is 1.95 bits per heavy atom. The summed E-state index contributed by atoms with van der Waals surface area (Å²) in [5.74, 6) is 0.387. The highest BCUT2D eigenvalue weighted by atomic mass is 16.1. The van der Waals surface area contributed by atoms with E-state index >= 15 is 0 Å². The number of aryl methyl sites for hydroxylation is 2. The summed E-state index contributed by atoms with van der Waals surface area (Å²) in [6.07, 6.45) is 0.586. The van der Waals surface area contributed by atoms with Crippen LogP contribution in [0.5, 0.6) is 0 Å². The number of nitrogens with zero attached hydrogens (tertiary/aromatic N) is 2. The molecule has 19 heavy (non-hydrogen) atoms. The number of ketones is 1. The summed E-state index contributed by atoms with van der Waals surface area (Å²) in [6.45, 7) is 9.50. The molecule has 1 unspecified atom stereocenters. The number of fused-ring (bicyclic) bond motifs is 3. The van der Waals surface area contributed by atoms with E-state index in [1.165, 1.54) is 16.7 Å². The van der Waals surface area contributed by atoms with Crippen molar-refractivity contribution in [3.05, 3.63) is 34.9 Å². The van der Waals surface area contributed by atoms with E-state index in [-0.39, 0.29) is 6.04 Å². The fraction of sp³-hybridized carbons (Fsp3) is 0.562. The molecule has 2 bridgehead atoms. The normalized spacial score (nSPS) is 29.5. The van der Waals surface area contributed by atoms with Crippen LogP contribution < -0.4 is 0 Å². The number of hydrogen-bond donors (Lipinski definition) is 0. The summed E-state index contributed by atoms with van der Waals surface area (Å²) in [4.78, 5) is 17.3. The molecule has 0 aliphatic carbocycles. The highest BCUT2D eigenvalue weighted by molar-refractivity contribution is 5.86. The highest BCUT2D eigenvalue weighted by Gasteiger charge is 2.35. The number of carbonyl (C=O) groups excluding carboxylic acids is 1. The molecule has 0 spiro atoms. The molecule has 3 fully saturated rings. The van der Waals surface area contributed by atoms with E-state index in [0.29, 0.717) is 12.2 Å². The van der Waals surface area contributed by atoms with Crippen LogP contribution in [0.1, 0.15) is 16.7 Å². The smallest absolute Gasteiger partial charge is 0.155 e. The molecule has 0 N–H and O–H groups in total. The maximum absolute atomic E-state index is 12.6. The average Bonchev–Trinajstić information content (AvgIpc) is 2.44. The van der Waals surface area contributed by atoms with Gasteiger partial charge in [-0.2, -0.15) is 0 Å². The lowest BCUT2D eigenvalue weighted by molar-refractivity contribution is -0.128. The summed E-state index contributed by atoms with van der Waals surface area (Å²) in [7, 11) is 0. The second-order valence-electron chi connectivity index (χ2n) is 5.93. The van der Waals surface area contributed by atoms with Crippen molar-refractivity contribution in [1.29, 1.82) is 0 Å². The molecular formula is C16H22N2O. The molecule has 3 heteroatoms. The molecule has 3 aliphatic rings. The van der Waals surface area contributed by atoms with Gasteiger partial charge in [0.25, 0.3) is 0 Å². The van der Waals surface area contributed by atoms with Gasteiger partial charge in [-0.3, -0.25) is 14.6 Å². The molecule has 3 saturated heterocycles. The molecule has 1 atom stereocenters. The van der Waals surface area contributed by atoms with Gasteiger partial charge in [0.2, 0.25) is 0 Å². The summed E-state index contributed by atoms with van der Waals surface area (Å²) in [5, 5.41) is 0. The third kappa shape index (κ3) is 2.58. The molecule has 1 aromatic rings. The Hall–Kier alpha value is -1.19. The van der Waals surface area contributed by atoms with E-state index in [0.717, 1.165) is 32.7 Å². The second kappa shape index (κ2) is 5.06. The molecule has 0 radical (unpaired) electrons. The van der Waals surface area contributed by atoms with E-state index in [2.05, 4.69) is 41.8 Å². The zero-order valence-electron chi connectivity index (χ0n) is 11.9.